The molecule has 0 aliphatic carbocycles. The minimum atomic E-state index is -3.48. The molecule has 3 aromatic rings. The molecule has 1 fully saturated rings. The van der Waals surface area contributed by atoms with E-state index in [-0.39, 0.29) is 23.0 Å². The molecule has 0 bridgehead atoms. The van der Waals surface area contributed by atoms with Gasteiger partial charge in [0.05, 0.1) is 22.3 Å². The summed E-state index contributed by atoms with van der Waals surface area (Å²) in [6.45, 7) is 3.04. The van der Waals surface area contributed by atoms with Crippen molar-refractivity contribution in [2.24, 2.45) is 0 Å². The number of hydrogen-bond acceptors (Lipinski definition) is 4. The van der Waals surface area contributed by atoms with Gasteiger partial charge in [-0.2, -0.15) is 9.40 Å². The molecular formula is C23H25FN4O3S. The first-order valence-electron chi connectivity index (χ1n) is 10.5. The third-order valence-electron chi connectivity index (χ3n) is 5.66. The zero-order valence-electron chi connectivity index (χ0n) is 17.8. The molecule has 1 N–H and O–H groups in total. The van der Waals surface area contributed by atoms with Gasteiger partial charge >= 0.3 is 0 Å². The molecule has 0 radical (unpaired) electrons. The molecule has 9 heteroatoms. The van der Waals surface area contributed by atoms with E-state index in [1.165, 1.54) is 21.3 Å². The van der Waals surface area contributed by atoms with Gasteiger partial charge in [0, 0.05) is 19.6 Å². The van der Waals surface area contributed by atoms with Crippen LogP contribution in [-0.2, 0) is 16.6 Å². The number of carbonyl (C=O) groups is 1. The van der Waals surface area contributed by atoms with Gasteiger partial charge in [0.15, 0.2) is 0 Å². The number of benzene rings is 2. The van der Waals surface area contributed by atoms with E-state index >= 15 is 0 Å². The number of sulfonamides is 1. The van der Waals surface area contributed by atoms with Crippen LogP contribution >= 0.6 is 0 Å². The second-order valence-corrected chi connectivity index (χ2v) is 9.74. The van der Waals surface area contributed by atoms with Gasteiger partial charge in [0.25, 0.3) is 5.91 Å². The Morgan fingerprint density at radius 3 is 2.44 bits per heavy atom. The lowest BCUT2D eigenvalue weighted by Gasteiger charge is -2.25. The number of nitrogens with one attached hydrogen (secondary N) is 1. The molecule has 2 aromatic carbocycles. The Labute approximate surface area is 186 Å². The van der Waals surface area contributed by atoms with Gasteiger partial charge in [-0.1, -0.05) is 30.7 Å². The van der Waals surface area contributed by atoms with Crippen LogP contribution in [0.15, 0.2) is 59.6 Å². The average Bonchev–Trinajstić information content (AvgIpc) is 3.20. The molecule has 0 unspecified atom stereocenters. The van der Waals surface area contributed by atoms with Crippen LogP contribution in [0, 0.1) is 12.7 Å². The summed E-state index contributed by atoms with van der Waals surface area (Å²) in [6, 6.07) is 12.8. The van der Waals surface area contributed by atoms with Crippen molar-refractivity contribution in [1.29, 1.82) is 0 Å². The SMILES string of the molecule is Cc1c(C(=O)NCc2ccc(S(=O)(=O)N3CCCCC3)cc2)cnn1-c1ccccc1F. The predicted octanol–water partition coefficient (Wildman–Crippen LogP) is 3.42. The van der Waals surface area contributed by atoms with E-state index in [2.05, 4.69) is 10.4 Å². The number of aromatic nitrogens is 2. The summed E-state index contributed by atoms with van der Waals surface area (Å²) in [7, 11) is -3.48. The zero-order valence-corrected chi connectivity index (χ0v) is 18.6. The lowest BCUT2D eigenvalue weighted by molar-refractivity contribution is 0.0950. The Morgan fingerprint density at radius 1 is 1.06 bits per heavy atom. The van der Waals surface area contributed by atoms with Gasteiger partial charge in [-0.05, 0) is 49.6 Å². The Kier molecular flexibility index (Phi) is 6.38. The molecule has 2 heterocycles. The molecule has 4 rings (SSSR count). The van der Waals surface area contributed by atoms with Crippen LogP contribution in [0.1, 0.15) is 40.9 Å². The van der Waals surface area contributed by atoms with Gasteiger partial charge in [0.2, 0.25) is 10.0 Å². The first-order chi connectivity index (χ1) is 15.4. The summed E-state index contributed by atoms with van der Waals surface area (Å²) in [5.74, 6) is -0.764. The standard InChI is InChI=1S/C23H25FN4O3S/c1-17-20(16-26-28(17)22-8-4-3-7-21(22)24)23(29)25-15-18-9-11-19(12-10-18)32(30,31)27-13-5-2-6-14-27/h3-4,7-12,16H,2,5-6,13-15H2,1H3,(H,25,29). The largest absolute Gasteiger partial charge is 0.348 e. The molecule has 1 aliphatic heterocycles. The molecule has 1 amide bonds. The lowest BCUT2D eigenvalue weighted by atomic mass is 10.2. The average molecular weight is 457 g/mol. The first-order valence-corrected chi connectivity index (χ1v) is 12.0. The number of nitrogens with zero attached hydrogens (tertiary/aromatic N) is 3. The smallest absolute Gasteiger partial charge is 0.255 e. The van der Waals surface area contributed by atoms with Crippen molar-refractivity contribution in [2.45, 2.75) is 37.6 Å². The van der Waals surface area contributed by atoms with E-state index in [1.807, 2.05) is 0 Å². The second kappa shape index (κ2) is 9.22. The van der Waals surface area contributed by atoms with Crippen molar-refractivity contribution >= 4 is 15.9 Å². The molecule has 168 valence electrons. The number of para-hydroxylation sites is 1. The summed E-state index contributed by atoms with van der Waals surface area (Å²) < 4.78 is 42.5. The summed E-state index contributed by atoms with van der Waals surface area (Å²) in [4.78, 5) is 12.9. The highest BCUT2D eigenvalue weighted by atomic mass is 32.2. The first kappa shape index (κ1) is 22.2. The Balaban J connectivity index is 1.42. The fourth-order valence-corrected chi connectivity index (χ4v) is 5.33. The summed E-state index contributed by atoms with van der Waals surface area (Å²) >= 11 is 0. The van der Waals surface area contributed by atoms with Crippen molar-refractivity contribution in [2.75, 3.05) is 13.1 Å². The van der Waals surface area contributed by atoms with Crippen LogP contribution in [0.2, 0.25) is 0 Å². The Morgan fingerprint density at radius 2 is 1.75 bits per heavy atom. The third-order valence-corrected chi connectivity index (χ3v) is 7.58. The van der Waals surface area contributed by atoms with Crippen molar-refractivity contribution in [3.63, 3.8) is 0 Å². The molecule has 7 nitrogen and oxygen atoms in total. The van der Waals surface area contributed by atoms with Crippen molar-refractivity contribution < 1.29 is 17.6 Å². The minimum absolute atomic E-state index is 0.229. The highest BCUT2D eigenvalue weighted by Gasteiger charge is 2.25. The van der Waals surface area contributed by atoms with E-state index < -0.39 is 15.8 Å². The normalized spacial score (nSPS) is 14.9. The second-order valence-electron chi connectivity index (χ2n) is 7.80. The molecule has 1 saturated heterocycles. The number of rotatable bonds is 6. The maximum absolute atomic E-state index is 14.1. The summed E-state index contributed by atoms with van der Waals surface area (Å²) in [6.07, 6.45) is 4.24. The lowest BCUT2D eigenvalue weighted by Crippen LogP contribution is -2.35. The third kappa shape index (κ3) is 4.44. The maximum Gasteiger partial charge on any atom is 0.255 e. The number of hydrogen-bond donors (Lipinski definition) is 1. The highest BCUT2D eigenvalue weighted by Crippen LogP contribution is 2.21. The number of piperidine rings is 1. The fourth-order valence-electron chi connectivity index (χ4n) is 3.81. The van der Waals surface area contributed by atoms with Gasteiger partial charge in [-0.3, -0.25) is 4.79 Å². The topological polar surface area (TPSA) is 84.3 Å². The minimum Gasteiger partial charge on any atom is -0.348 e. The highest BCUT2D eigenvalue weighted by molar-refractivity contribution is 7.89. The molecule has 1 aliphatic rings. The van der Waals surface area contributed by atoms with Crippen LogP contribution in [0.5, 0.6) is 0 Å². The molecule has 32 heavy (non-hydrogen) atoms. The van der Waals surface area contributed by atoms with E-state index in [9.17, 15) is 17.6 Å². The molecule has 0 spiro atoms. The fraction of sp³-hybridized carbons (Fsp3) is 0.304. The quantitative estimate of drug-likeness (QED) is 0.616. The summed E-state index contributed by atoms with van der Waals surface area (Å²) in [5.41, 5.74) is 1.91. The number of halogens is 1. The molecular weight excluding hydrogens is 431 g/mol. The van der Waals surface area contributed by atoms with Crippen LogP contribution in [-0.4, -0.2) is 41.5 Å². The van der Waals surface area contributed by atoms with E-state index in [0.29, 0.717) is 24.3 Å². The number of amides is 1. The van der Waals surface area contributed by atoms with Gasteiger partial charge in [0.1, 0.15) is 11.5 Å². The van der Waals surface area contributed by atoms with Gasteiger partial charge < -0.3 is 5.32 Å². The van der Waals surface area contributed by atoms with Crippen molar-refractivity contribution in [3.8, 4) is 5.69 Å². The van der Waals surface area contributed by atoms with Crippen LogP contribution < -0.4 is 5.32 Å². The predicted molar refractivity (Wildman–Crippen MR) is 118 cm³/mol. The monoisotopic (exact) mass is 456 g/mol. The van der Waals surface area contributed by atoms with Crippen LogP contribution in [0.25, 0.3) is 5.69 Å². The van der Waals surface area contributed by atoms with Crippen molar-refractivity contribution in [3.05, 3.63) is 77.4 Å². The van der Waals surface area contributed by atoms with E-state index in [0.717, 1.165) is 24.8 Å². The van der Waals surface area contributed by atoms with Crippen LogP contribution in [0.3, 0.4) is 0 Å². The van der Waals surface area contributed by atoms with E-state index in [4.69, 9.17) is 0 Å². The van der Waals surface area contributed by atoms with E-state index in [1.54, 1.807) is 49.4 Å². The maximum atomic E-state index is 14.1. The zero-order chi connectivity index (χ0) is 22.7. The van der Waals surface area contributed by atoms with Crippen LogP contribution in [0.4, 0.5) is 4.39 Å². The van der Waals surface area contributed by atoms with Gasteiger partial charge in [-0.25, -0.2) is 17.5 Å². The Bertz CT molecular complexity index is 1220. The number of carbonyl (C=O) groups excluding carboxylic acids is 1. The molecule has 0 saturated carbocycles. The summed E-state index contributed by atoms with van der Waals surface area (Å²) in [5, 5.41) is 6.96. The van der Waals surface area contributed by atoms with Crippen molar-refractivity contribution in [1.82, 2.24) is 19.4 Å². The Hall–Kier alpha value is -3.04. The molecule has 0 atom stereocenters. The van der Waals surface area contributed by atoms with Gasteiger partial charge in [-0.15, -0.1) is 0 Å². The molecule has 1 aromatic heterocycles.